The van der Waals surface area contributed by atoms with E-state index in [0.717, 1.165) is 5.56 Å². The first-order chi connectivity index (χ1) is 7.95. The van der Waals surface area contributed by atoms with E-state index in [9.17, 15) is 13.2 Å². The van der Waals surface area contributed by atoms with Gasteiger partial charge in [0.05, 0.1) is 11.4 Å². The Morgan fingerprint density at radius 2 is 1.88 bits per heavy atom. The maximum atomic E-state index is 11.7. The Kier molecular flexibility index (Phi) is 4.92. The number of sulfonamides is 1. The molecule has 1 rings (SSSR count). The number of hydrogen-bond donors (Lipinski definition) is 2. The van der Waals surface area contributed by atoms with Gasteiger partial charge in [-0.3, -0.25) is 4.79 Å². The monoisotopic (exact) mass is 276 g/mol. The van der Waals surface area contributed by atoms with Crippen LogP contribution in [0, 0.1) is 0 Å². The van der Waals surface area contributed by atoms with Gasteiger partial charge in [-0.15, -0.1) is 11.6 Å². The highest BCUT2D eigenvalue weighted by atomic mass is 35.5. The number of hydrogen-bond acceptors (Lipinski definition) is 3. The third-order valence-corrected chi connectivity index (χ3v) is 3.66. The van der Waals surface area contributed by atoms with Crippen LogP contribution in [0.2, 0.25) is 0 Å². The molecule has 0 aliphatic carbocycles. The maximum absolute atomic E-state index is 11.7. The Labute approximate surface area is 105 Å². The number of halogens is 1. The Balaban J connectivity index is 2.81. The molecule has 0 saturated heterocycles. The number of aryl methyl sites for hydroxylation is 1. The van der Waals surface area contributed by atoms with Crippen LogP contribution in [0.5, 0.6) is 0 Å². The zero-order valence-electron chi connectivity index (χ0n) is 9.02. The number of carbonyl (C=O) groups is 1. The molecule has 1 aromatic carbocycles. The first kappa shape index (κ1) is 14.0. The van der Waals surface area contributed by atoms with Crippen molar-refractivity contribution in [3.8, 4) is 0 Å². The standard InChI is InChI=1S/C10H13ClN2O3S/c11-6-5-8-1-3-9(4-2-8)17(15,16)13-7-10(12)14/h1-4,13H,5-7H2,(H2,12,14). The van der Waals surface area contributed by atoms with Gasteiger partial charge in [-0.05, 0) is 24.1 Å². The normalized spacial score (nSPS) is 11.4. The maximum Gasteiger partial charge on any atom is 0.241 e. The molecule has 1 amide bonds. The van der Waals surface area contributed by atoms with Gasteiger partial charge >= 0.3 is 0 Å². The molecular formula is C10H13ClN2O3S. The van der Waals surface area contributed by atoms with Crippen LogP contribution >= 0.6 is 11.6 Å². The third kappa shape index (κ3) is 4.33. The molecule has 0 aromatic heterocycles. The van der Waals surface area contributed by atoms with Crippen LogP contribution in [0.4, 0.5) is 0 Å². The van der Waals surface area contributed by atoms with E-state index in [1.807, 2.05) is 0 Å². The SMILES string of the molecule is NC(=O)CNS(=O)(=O)c1ccc(CCCl)cc1. The molecule has 94 valence electrons. The lowest BCUT2D eigenvalue weighted by Crippen LogP contribution is -2.33. The highest BCUT2D eigenvalue weighted by molar-refractivity contribution is 7.89. The fourth-order valence-corrected chi connectivity index (χ4v) is 2.41. The molecule has 0 spiro atoms. The van der Waals surface area contributed by atoms with Crippen molar-refractivity contribution in [2.45, 2.75) is 11.3 Å². The second-order valence-electron chi connectivity index (χ2n) is 3.37. The van der Waals surface area contributed by atoms with Gasteiger partial charge in [0.25, 0.3) is 0 Å². The summed E-state index contributed by atoms with van der Waals surface area (Å²) in [4.78, 5) is 10.6. The van der Waals surface area contributed by atoms with Crippen molar-refractivity contribution in [1.82, 2.24) is 4.72 Å². The Hall–Kier alpha value is -1.11. The van der Waals surface area contributed by atoms with Crippen molar-refractivity contribution < 1.29 is 13.2 Å². The van der Waals surface area contributed by atoms with Gasteiger partial charge < -0.3 is 5.73 Å². The van der Waals surface area contributed by atoms with E-state index in [1.165, 1.54) is 12.1 Å². The number of nitrogens with two attached hydrogens (primary N) is 1. The van der Waals surface area contributed by atoms with Crippen molar-refractivity contribution in [3.05, 3.63) is 29.8 Å². The minimum atomic E-state index is -3.67. The van der Waals surface area contributed by atoms with Gasteiger partial charge in [0.1, 0.15) is 0 Å². The Morgan fingerprint density at radius 1 is 1.29 bits per heavy atom. The van der Waals surface area contributed by atoms with E-state index < -0.39 is 22.5 Å². The molecule has 0 aliphatic rings. The molecule has 7 heteroatoms. The third-order valence-electron chi connectivity index (χ3n) is 2.05. The minimum Gasteiger partial charge on any atom is -0.369 e. The van der Waals surface area contributed by atoms with Crippen LogP contribution in [0.3, 0.4) is 0 Å². The summed E-state index contributed by atoms with van der Waals surface area (Å²) in [5.41, 5.74) is 5.81. The predicted octanol–water partition coefficient (Wildman–Crippen LogP) is 0.231. The summed E-state index contributed by atoms with van der Waals surface area (Å²) in [6, 6.07) is 6.29. The van der Waals surface area contributed by atoms with Crippen LogP contribution < -0.4 is 10.5 Å². The van der Waals surface area contributed by atoms with Gasteiger partial charge in [0.15, 0.2) is 0 Å². The molecule has 0 heterocycles. The highest BCUT2D eigenvalue weighted by Crippen LogP contribution is 2.11. The average molecular weight is 277 g/mol. The molecule has 0 fully saturated rings. The van der Waals surface area contributed by atoms with E-state index >= 15 is 0 Å². The van der Waals surface area contributed by atoms with Crippen molar-refractivity contribution >= 4 is 27.5 Å². The van der Waals surface area contributed by atoms with Gasteiger partial charge in [0, 0.05) is 5.88 Å². The van der Waals surface area contributed by atoms with Gasteiger partial charge in [-0.25, -0.2) is 13.1 Å². The summed E-state index contributed by atoms with van der Waals surface area (Å²) in [5.74, 6) is -0.251. The molecule has 1 aromatic rings. The summed E-state index contributed by atoms with van der Waals surface area (Å²) in [7, 11) is -3.67. The second-order valence-corrected chi connectivity index (χ2v) is 5.52. The molecule has 3 N–H and O–H groups in total. The lowest BCUT2D eigenvalue weighted by Gasteiger charge is -2.05. The second kappa shape index (κ2) is 6.00. The molecule has 0 saturated carbocycles. The molecule has 0 bridgehead atoms. The number of primary amides is 1. The number of carbonyl (C=O) groups excluding carboxylic acids is 1. The largest absolute Gasteiger partial charge is 0.369 e. The van der Waals surface area contributed by atoms with Crippen molar-refractivity contribution in [1.29, 1.82) is 0 Å². The fourth-order valence-electron chi connectivity index (χ4n) is 1.19. The van der Waals surface area contributed by atoms with E-state index in [2.05, 4.69) is 4.72 Å². The number of nitrogens with one attached hydrogen (secondary N) is 1. The molecule has 0 aliphatic heterocycles. The van der Waals surface area contributed by atoms with E-state index in [4.69, 9.17) is 17.3 Å². The first-order valence-corrected chi connectivity index (χ1v) is 6.90. The smallest absolute Gasteiger partial charge is 0.241 e. The van der Waals surface area contributed by atoms with Crippen LogP contribution in [-0.4, -0.2) is 26.7 Å². The highest BCUT2D eigenvalue weighted by Gasteiger charge is 2.13. The predicted molar refractivity (Wildman–Crippen MR) is 65.2 cm³/mol. The van der Waals surface area contributed by atoms with Gasteiger partial charge in [-0.2, -0.15) is 0 Å². The first-order valence-electron chi connectivity index (χ1n) is 4.88. The molecule has 0 atom stereocenters. The number of rotatable bonds is 6. The summed E-state index contributed by atoms with van der Waals surface area (Å²) in [5, 5.41) is 0. The molecule has 17 heavy (non-hydrogen) atoms. The topological polar surface area (TPSA) is 89.3 Å². The average Bonchev–Trinajstić information content (AvgIpc) is 2.28. The van der Waals surface area contributed by atoms with Crippen LogP contribution in [-0.2, 0) is 21.2 Å². The van der Waals surface area contributed by atoms with Crippen LogP contribution in [0.15, 0.2) is 29.2 Å². The van der Waals surface area contributed by atoms with Gasteiger partial charge in [0.2, 0.25) is 15.9 Å². The summed E-state index contributed by atoms with van der Waals surface area (Å²) in [6.45, 7) is -0.411. The number of benzene rings is 1. The minimum absolute atomic E-state index is 0.0945. The van der Waals surface area contributed by atoms with Gasteiger partial charge in [-0.1, -0.05) is 12.1 Å². The van der Waals surface area contributed by atoms with Crippen LogP contribution in [0.1, 0.15) is 5.56 Å². The lowest BCUT2D eigenvalue weighted by molar-refractivity contribution is -0.116. The zero-order valence-corrected chi connectivity index (χ0v) is 10.6. The molecule has 0 unspecified atom stereocenters. The quantitative estimate of drug-likeness (QED) is 0.729. The zero-order chi connectivity index (χ0) is 12.9. The van der Waals surface area contributed by atoms with Crippen molar-refractivity contribution in [3.63, 3.8) is 0 Å². The van der Waals surface area contributed by atoms with Crippen LogP contribution in [0.25, 0.3) is 0 Å². The number of alkyl halides is 1. The lowest BCUT2D eigenvalue weighted by atomic mass is 10.2. The Morgan fingerprint density at radius 3 is 2.35 bits per heavy atom. The Bertz CT molecular complexity index is 485. The van der Waals surface area contributed by atoms with E-state index in [-0.39, 0.29) is 4.90 Å². The summed E-state index contributed by atoms with van der Waals surface area (Å²) in [6.07, 6.45) is 0.677. The van der Waals surface area contributed by atoms with E-state index in [1.54, 1.807) is 12.1 Å². The summed E-state index contributed by atoms with van der Waals surface area (Å²) < 4.78 is 25.4. The summed E-state index contributed by atoms with van der Waals surface area (Å²) >= 11 is 5.57. The fraction of sp³-hybridized carbons (Fsp3) is 0.300. The molecular weight excluding hydrogens is 264 g/mol. The van der Waals surface area contributed by atoms with E-state index in [0.29, 0.717) is 12.3 Å². The molecule has 0 radical (unpaired) electrons. The molecule has 5 nitrogen and oxygen atoms in total. The number of amides is 1. The van der Waals surface area contributed by atoms with Crippen molar-refractivity contribution in [2.75, 3.05) is 12.4 Å². The van der Waals surface area contributed by atoms with Crippen molar-refractivity contribution in [2.24, 2.45) is 5.73 Å².